The molecule has 4 nitrogen and oxygen atoms in total. The Balaban J connectivity index is 2.59. The van der Waals surface area contributed by atoms with E-state index in [1.165, 1.54) is 6.07 Å². The third kappa shape index (κ3) is 1.63. The Morgan fingerprint density at radius 3 is 2.80 bits per heavy atom. The van der Waals surface area contributed by atoms with Crippen molar-refractivity contribution < 1.29 is 9.72 Å². The van der Waals surface area contributed by atoms with E-state index in [1.807, 2.05) is 6.92 Å². The van der Waals surface area contributed by atoms with Crippen LogP contribution < -0.4 is 0 Å². The largest absolute Gasteiger partial charge is 0.294 e. The first-order valence-corrected chi connectivity index (χ1v) is 4.89. The van der Waals surface area contributed by atoms with Crippen molar-refractivity contribution in [3.05, 3.63) is 39.4 Å². The quantitative estimate of drug-likeness (QED) is 0.522. The molecular formula is C11H11NO3. The van der Waals surface area contributed by atoms with Crippen LogP contribution in [0.2, 0.25) is 0 Å². The van der Waals surface area contributed by atoms with E-state index in [4.69, 9.17) is 0 Å². The lowest BCUT2D eigenvalue weighted by Gasteiger charge is -2.19. The molecule has 1 aliphatic rings. The molecule has 1 unspecified atom stereocenters. The molecule has 0 fully saturated rings. The first kappa shape index (κ1) is 9.83. The smallest absolute Gasteiger partial charge is 0.273 e. The predicted octanol–water partition coefficient (Wildman–Crippen LogP) is 2.36. The van der Waals surface area contributed by atoms with Gasteiger partial charge in [0, 0.05) is 23.6 Å². The van der Waals surface area contributed by atoms with Crippen molar-refractivity contribution in [3.8, 4) is 0 Å². The van der Waals surface area contributed by atoms with E-state index in [0.29, 0.717) is 24.0 Å². The van der Waals surface area contributed by atoms with Gasteiger partial charge < -0.3 is 0 Å². The average Bonchev–Trinajstić information content (AvgIpc) is 2.16. The maximum atomic E-state index is 11.6. The molecule has 0 saturated heterocycles. The number of nitrogens with zero attached hydrogens (tertiary/aromatic N) is 1. The molecule has 4 heteroatoms. The fourth-order valence-corrected chi connectivity index (χ4v) is 2.07. The number of hydrogen-bond acceptors (Lipinski definition) is 3. The van der Waals surface area contributed by atoms with Crippen LogP contribution in [0.3, 0.4) is 0 Å². The van der Waals surface area contributed by atoms with Gasteiger partial charge in [-0.15, -0.1) is 0 Å². The number of nitro benzene ring substituents is 1. The van der Waals surface area contributed by atoms with Crippen molar-refractivity contribution in [3.63, 3.8) is 0 Å². The zero-order valence-corrected chi connectivity index (χ0v) is 8.40. The number of Topliss-reactive ketones (excluding diaryl/α,β-unsaturated/α-hetero) is 1. The lowest BCUT2D eigenvalue weighted by molar-refractivity contribution is -0.385. The molecule has 0 heterocycles. The highest BCUT2D eigenvalue weighted by molar-refractivity contribution is 5.99. The minimum Gasteiger partial charge on any atom is -0.294 e. The summed E-state index contributed by atoms with van der Waals surface area (Å²) < 4.78 is 0. The van der Waals surface area contributed by atoms with E-state index in [-0.39, 0.29) is 17.4 Å². The summed E-state index contributed by atoms with van der Waals surface area (Å²) in [5.74, 6) is 0.221. The fraction of sp³-hybridized carbons (Fsp3) is 0.364. The molecule has 1 aromatic carbocycles. The van der Waals surface area contributed by atoms with Crippen molar-refractivity contribution in [2.24, 2.45) is 5.92 Å². The minimum atomic E-state index is -0.413. The summed E-state index contributed by atoms with van der Waals surface area (Å²) >= 11 is 0. The highest BCUT2D eigenvalue weighted by Crippen LogP contribution is 2.31. The molecule has 0 radical (unpaired) electrons. The summed E-state index contributed by atoms with van der Waals surface area (Å²) in [6, 6.07) is 4.71. The van der Waals surface area contributed by atoms with Crippen LogP contribution in [0.5, 0.6) is 0 Å². The maximum absolute atomic E-state index is 11.6. The van der Waals surface area contributed by atoms with Crippen LogP contribution in [-0.4, -0.2) is 10.7 Å². The maximum Gasteiger partial charge on any atom is 0.273 e. The van der Waals surface area contributed by atoms with Crippen molar-refractivity contribution in [1.82, 2.24) is 0 Å². The molecule has 0 bridgehead atoms. The Morgan fingerprint density at radius 1 is 1.40 bits per heavy atom. The van der Waals surface area contributed by atoms with E-state index < -0.39 is 4.92 Å². The Bertz CT molecular complexity index is 425. The van der Waals surface area contributed by atoms with Crippen LogP contribution in [0.15, 0.2) is 18.2 Å². The number of ketones is 1. The van der Waals surface area contributed by atoms with E-state index in [0.717, 1.165) is 0 Å². The average molecular weight is 205 g/mol. The summed E-state index contributed by atoms with van der Waals surface area (Å²) in [6.07, 6.45) is 1.12. The van der Waals surface area contributed by atoms with Gasteiger partial charge in [0.15, 0.2) is 5.78 Å². The molecule has 1 aliphatic carbocycles. The van der Waals surface area contributed by atoms with Gasteiger partial charge >= 0.3 is 0 Å². The standard InChI is InChI=1S/C11H11NO3/c1-7-5-9-8(11(13)6-7)3-2-4-10(9)12(14)15/h2-4,7H,5-6H2,1H3. The van der Waals surface area contributed by atoms with Crippen molar-refractivity contribution in [2.75, 3.05) is 0 Å². The Kier molecular flexibility index (Phi) is 2.26. The van der Waals surface area contributed by atoms with Gasteiger partial charge in [-0.1, -0.05) is 19.1 Å². The number of carbonyl (C=O) groups is 1. The van der Waals surface area contributed by atoms with Crippen LogP contribution in [0.25, 0.3) is 0 Å². The lowest BCUT2D eigenvalue weighted by atomic mass is 9.83. The molecule has 78 valence electrons. The molecule has 15 heavy (non-hydrogen) atoms. The van der Waals surface area contributed by atoms with Gasteiger partial charge in [-0.25, -0.2) is 0 Å². The Morgan fingerprint density at radius 2 is 2.13 bits per heavy atom. The molecule has 2 rings (SSSR count). The van der Waals surface area contributed by atoms with Crippen molar-refractivity contribution >= 4 is 11.5 Å². The third-order valence-corrected chi connectivity index (χ3v) is 2.73. The summed E-state index contributed by atoms with van der Waals surface area (Å²) in [6.45, 7) is 1.94. The normalized spacial score (nSPS) is 19.8. The SMILES string of the molecule is CC1CC(=O)c2cccc([N+](=O)[O-])c2C1. The number of hydrogen-bond donors (Lipinski definition) is 0. The van der Waals surface area contributed by atoms with Gasteiger partial charge in [0.1, 0.15) is 0 Å². The van der Waals surface area contributed by atoms with Crippen molar-refractivity contribution in [2.45, 2.75) is 19.8 Å². The van der Waals surface area contributed by atoms with Crippen LogP contribution in [0, 0.1) is 16.0 Å². The van der Waals surface area contributed by atoms with Gasteiger partial charge in [0.05, 0.1) is 4.92 Å². The van der Waals surface area contributed by atoms with Crippen LogP contribution in [0.4, 0.5) is 5.69 Å². The molecule has 0 spiro atoms. The number of rotatable bonds is 1. The number of benzene rings is 1. The molecular weight excluding hydrogens is 194 g/mol. The molecule has 0 amide bonds. The third-order valence-electron chi connectivity index (χ3n) is 2.73. The molecule has 0 N–H and O–H groups in total. The number of carbonyl (C=O) groups excluding carboxylic acids is 1. The van der Waals surface area contributed by atoms with Crippen LogP contribution in [-0.2, 0) is 6.42 Å². The Labute approximate surface area is 87.1 Å². The molecule has 0 saturated carbocycles. The van der Waals surface area contributed by atoms with E-state index in [1.54, 1.807) is 12.1 Å². The fourth-order valence-electron chi connectivity index (χ4n) is 2.07. The second-order valence-electron chi connectivity index (χ2n) is 4.00. The highest BCUT2D eigenvalue weighted by atomic mass is 16.6. The summed E-state index contributed by atoms with van der Waals surface area (Å²) in [4.78, 5) is 22.0. The summed E-state index contributed by atoms with van der Waals surface area (Å²) in [5, 5.41) is 10.8. The zero-order chi connectivity index (χ0) is 11.0. The van der Waals surface area contributed by atoms with E-state index in [9.17, 15) is 14.9 Å². The zero-order valence-electron chi connectivity index (χ0n) is 8.40. The first-order chi connectivity index (χ1) is 7.09. The van der Waals surface area contributed by atoms with Gasteiger partial charge in [0.2, 0.25) is 0 Å². The minimum absolute atomic E-state index is 0.0208. The summed E-state index contributed by atoms with van der Waals surface area (Å²) in [7, 11) is 0. The highest BCUT2D eigenvalue weighted by Gasteiger charge is 2.28. The molecule has 1 aromatic rings. The van der Waals surface area contributed by atoms with E-state index >= 15 is 0 Å². The van der Waals surface area contributed by atoms with Crippen molar-refractivity contribution in [1.29, 1.82) is 0 Å². The molecule has 0 aliphatic heterocycles. The molecule has 0 aromatic heterocycles. The van der Waals surface area contributed by atoms with Gasteiger partial charge in [-0.3, -0.25) is 14.9 Å². The van der Waals surface area contributed by atoms with Gasteiger partial charge in [-0.2, -0.15) is 0 Å². The second-order valence-corrected chi connectivity index (χ2v) is 4.00. The molecule has 1 atom stereocenters. The van der Waals surface area contributed by atoms with Gasteiger partial charge in [-0.05, 0) is 12.3 Å². The van der Waals surface area contributed by atoms with Gasteiger partial charge in [0.25, 0.3) is 5.69 Å². The number of nitro groups is 1. The Hall–Kier alpha value is -1.71. The predicted molar refractivity (Wildman–Crippen MR) is 54.9 cm³/mol. The van der Waals surface area contributed by atoms with E-state index in [2.05, 4.69) is 0 Å². The number of fused-ring (bicyclic) bond motifs is 1. The van der Waals surface area contributed by atoms with Crippen LogP contribution in [0.1, 0.15) is 29.3 Å². The topological polar surface area (TPSA) is 60.2 Å². The van der Waals surface area contributed by atoms with Crippen LogP contribution >= 0.6 is 0 Å². The first-order valence-electron chi connectivity index (χ1n) is 4.89. The second kappa shape index (κ2) is 3.46. The lowest BCUT2D eigenvalue weighted by Crippen LogP contribution is -2.19. The monoisotopic (exact) mass is 205 g/mol. The summed E-state index contributed by atoms with van der Waals surface area (Å²) in [5.41, 5.74) is 1.21.